The standard InChI is InChI=1S/C18H20N2O2/c1-4-5-13-8-14(21)17(15(22)9-13)16-11(2)6-7-20-10-12(3)19-18(16)20/h6-10,21-22H,4-5H2,1-3H3. The van der Waals surface area contributed by atoms with Gasteiger partial charge in [-0.05, 0) is 49.6 Å². The van der Waals surface area contributed by atoms with Gasteiger partial charge >= 0.3 is 0 Å². The number of hydrogen-bond donors (Lipinski definition) is 2. The van der Waals surface area contributed by atoms with Crippen LogP contribution in [0.25, 0.3) is 16.8 Å². The summed E-state index contributed by atoms with van der Waals surface area (Å²) in [5.74, 6) is 0.195. The Morgan fingerprint density at radius 1 is 1.09 bits per heavy atom. The molecule has 0 fully saturated rings. The molecule has 0 aliphatic heterocycles. The number of fused-ring (bicyclic) bond motifs is 1. The summed E-state index contributed by atoms with van der Waals surface area (Å²) >= 11 is 0. The monoisotopic (exact) mass is 296 g/mol. The van der Waals surface area contributed by atoms with Gasteiger partial charge < -0.3 is 14.6 Å². The lowest BCUT2D eigenvalue weighted by Gasteiger charge is -2.13. The number of nitrogens with zero attached hydrogens (tertiary/aromatic N) is 2. The first-order valence-electron chi connectivity index (χ1n) is 7.51. The van der Waals surface area contributed by atoms with Crippen molar-refractivity contribution in [1.82, 2.24) is 9.38 Å². The van der Waals surface area contributed by atoms with E-state index in [1.165, 1.54) is 0 Å². The molecule has 2 N–H and O–H groups in total. The van der Waals surface area contributed by atoms with Crippen LogP contribution in [0.1, 0.15) is 30.2 Å². The van der Waals surface area contributed by atoms with Crippen molar-refractivity contribution >= 4 is 5.65 Å². The first-order valence-corrected chi connectivity index (χ1v) is 7.51. The number of rotatable bonds is 3. The van der Waals surface area contributed by atoms with Gasteiger partial charge in [-0.15, -0.1) is 0 Å². The normalized spacial score (nSPS) is 11.2. The van der Waals surface area contributed by atoms with Crippen LogP contribution in [0.4, 0.5) is 0 Å². The predicted octanol–water partition coefficient (Wildman–Crippen LogP) is 3.98. The van der Waals surface area contributed by atoms with E-state index in [0.717, 1.165) is 40.9 Å². The predicted molar refractivity (Wildman–Crippen MR) is 87.4 cm³/mol. The van der Waals surface area contributed by atoms with Gasteiger partial charge in [0, 0.05) is 18.0 Å². The van der Waals surface area contributed by atoms with Crippen molar-refractivity contribution in [2.45, 2.75) is 33.6 Å². The van der Waals surface area contributed by atoms with Crippen LogP contribution in [0.5, 0.6) is 11.5 Å². The Bertz CT molecular complexity index is 827. The Morgan fingerprint density at radius 2 is 1.77 bits per heavy atom. The number of imidazole rings is 1. The van der Waals surface area contributed by atoms with Gasteiger partial charge in [0.2, 0.25) is 0 Å². The lowest BCUT2D eigenvalue weighted by atomic mass is 9.97. The second-order valence-corrected chi connectivity index (χ2v) is 5.75. The molecule has 4 nitrogen and oxygen atoms in total. The Labute approximate surface area is 129 Å². The molecule has 0 radical (unpaired) electrons. The highest BCUT2D eigenvalue weighted by molar-refractivity contribution is 5.88. The molecular formula is C18H20N2O2. The third-order valence-corrected chi connectivity index (χ3v) is 3.90. The zero-order valence-electron chi connectivity index (χ0n) is 13.1. The summed E-state index contributed by atoms with van der Waals surface area (Å²) in [4.78, 5) is 4.53. The maximum Gasteiger partial charge on any atom is 0.145 e. The molecule has 0 saturated heterocycles. The molecular weight excluding hydrogens is 276 g/mol. The summed E-state index contributed by atoms with van der Waals surface area (Å²) in [6.45, 7) is 5.95. The van der Waals surface area contributed by atoms with Crippen LogP contribution in [-0.2, 0) is 6.42 Å². The summed E-state index contributed by atoms with van der Waals surface area (Å²) in [7, 11) is 0. The fourth-order valence-electron chi connectivity index (χ4n) is 2.93. The van der Waals surface area contributed by atoms with Crippen LogP contribution in [-0.4, -0.2) is 19.6 Å². The van der Waals surface area contributed by atoms with Gasteiger partial charge in [-0.3, -0.25) is 0 Å². The van der Waals surface area contributed by atoms with E-state index in [4.69, 9.17) is 0 Å². The molecule has 114 valence electrons. The van der Waals surface area contributed by atoms with E-state index in [9.17, 15) is 10.2 Å². The van der Waals surface area contributed by atoms with Crippen molar-refractivity contribution in [3.05, 3.63) is 47.4 Å². The van der Waals surface area contributed by atoms with Crippen LogP contribution in [0.15, 0.2) is 30.6 Å². The van der Waals surface area contributed by atoms with Gasteiger partial charge in [0.15, 0.2) is 0 Å². The Morgan fingerprint density at radius 3 is 2.41 bits per heavy atom. The van der Waals surface area contributed by atoms with Gasteiger partial charge in [-0.2, -0.15) is 0 Å². The first-order chi connectivity index (χ1) is 10.5. The molecule has 0 amide bonds. The number of pyridine rings is 1. The summed E-state index contributed by atoms with van der Waals surface area (Å²) < 4.78 is 1.91. The molecule has 3 aromatic rings. The van der Waals surface area contributed by atoms with Gasteiger partial charge in [-0.1, -0.05) is 13.3 Å². The van der Waals surface area contributed by atoms with Crippen molar-refractivity contribution in [2.24, 2.45) is 0 Å². The van der Waals surface area contributed by atoms with Gasteiger partial charge in [0.25, 0.3) is 0 Å². The molecule has 0 aliphatic carbocycles. The quantitative estimate of drug-likeness (QED) is 0.768. The molecule has 1 aromatic carbocycles. The van der Waals surface area contributed by atoms with E-state index in [1.54, 1.807) is 12.1 Å². The van der Waals surface area contributed by atoms with Gasteiger partial charge in [0.1, 0.15) is 17.1 Å². The van der Waals surface area contributed by atoms with Crippen molar-refractivity contribution < 1.29 is 10.2 Å². The molecule has 0 atom stereocenters. The summed E-state index contributed by atoms with van der Waals surface area (Å²) in [6.07, 6.45) is 5.66. The molecule has 0 aliphatic rings. The molecule has 0 spiro atoms. The summed E-state index contributed by atoms with van der Waals surface area (Å²) in [5.41, 5.74) is 4.76. The third-order valence-electron chi connectivity index (χ3n) is 3.90. The van der Waals surface area contributed by atoms with E-state index >= 15 is 0 Å². The number of phenolic OH excluding ortho intramolecular Hbond substituents is 2. The molecule has 22 heavy (non-hydrogen) atoms. The van der Waals surface area contributed by atoms with Crippen LogP contribution in [0.2, 0.25) is 0 Å². The number of phenols is 2. The van der Waals surface area contributed by atoms with E-state index in [1.807, 2.05) is 36.7 Å². The average Bonchev–Trinajstić information content (AvgIpc) is 2.81. The van der Waals surface area contributed by atoms with E-state index in [0.29, 0.717) is 5.56 Å². The minimum atomic E-state index is 0.0975. The molecule has 0 saturated carbocycles. The number of aryl methyl sites for hydroxylation is 3. The largest absolute Gasteiger partial charge is 0.507 e. The van der Waals surface area contributed by atoms with E-state index in [2.05, 4.69) is 11.9 Å². The van der Waals surface area contributed by atoms with Gasteiger partial charge in [0.05, 0.1) is 11.3 Å². The van der Waals surface area contributed by atoms with Crippen LogP contribution in [0, 0.1) is 13.8 Å². The molecule has 2 aromatic heterocycles. The lowest BCUT2D eigenvalue weighted by molar-refractivity contribution is 0.453. The molecule has 2 heterocycles. The molecule has 0 bridgehead atoms. The van der Waals surface area contributed by atoms with Crippen molar-refractivity contribution in [2.75, 3.05) is 0 Å². The minimum absolute atomic E-state index is 0.0975. The van der Waals surface area contributed by atoms with Gasteiger partial charge in [-0.25, -0.2) is 4.98 Å². The van der Waals surface area contributed by atoms with Crippen LogP contribution in [0.3, 0.4) is 0 Å². The van der Waals surface area contributed by atoms with E-state index < -0.39 is 0 Å². The highest BCUT2D eigenvalue weighted by Crippen LogP contribution is 2.41. The number of hydrogen-bond acceptors (Lipinski definition) is 3. The van der Waals surface area contributed by atoms with Crippen molar-refractivity contribution in [1.29, 1.82) is 0 Å². The second kappa shape index (κ2) is 5.37. The fourth-order valence-corrected chi connectivity index (χ4v) is 2.93. The lowest BCUT2D eigenvalue weighted by Crippen LogP contribution is -1.94. The molecule has 4 heteroatoms. The number of aromatic nitrogens is 2. The smallest absolute Gasteiger partial charge is 0.145 e. The van der Waals surface area contributed by atoms with Crippen molar-refractivity contribution in [3.63, 3.8) is 0 Å². The maximum atomic E-state index is 10.4. The van der Waals surface area contributed by atoms with Crippen molar-refractivity contribution in [3.8, 4) is 22.6 Å². The fraction of sp³-hybridized carbons (Fsp3) is 0.278. The maximum absolute atomic E-state index is 10.4. The number of benzene rings is 1. The van der Waals surface area contributed by atoms with E-state index in [-0.39, 0.29) is 11.5 Å². The summed E-state index contributed by atoms with van der Waals surface area (Å²) in [6, 6.07) is 5.43. The third kappa shape index (κ3) is 2.30. The molecule has 3 rings (SSSR count). The van der Waals surface area contributed by atoms with Crippen LogP contribution >= 0.6 is 0 Å². The zero-order valence-corrected chi connectivity index (χ0v) is 13.1. The number of aromatic hydroxyl groups is 2. The Hall–Kier alpha value is -2.49. The highest BCUT2D eigenvalue weighted by Gasteiger charge is 2.18. The molecule has 0 unspecified atom stereocenters. The Kier molecular flexibility index (Phi) is 3.53. The SMILES string of the molecule is CCCc1cc(O)c(-c2c(C)ccn3cc(C)nc23)c(O)c1. The minimum Gasteiger partial charge on any atom is -0.507 e. The van der Waals surface area contributed by atoms with Crippen LogP contribution < -0.4 is 0 Å². The highest BCUT2D eigenvalue weighted by atomic mass is 16.3. The zero-order chi connectivity index (χ0) is 15.9. The average molecular weight is 296 g/mol. The topological polar surface area (TPSA) is 57.8 Å². The Balaban J connectivity index is 2.30. The second-order valence-electron chi connectivity index (χ2n) is 5.75. The summed E-state index contributed by atoms with van der Waals surface area (Å²) in [5, 5.41) is 20.9. The first kappa shape index (κ1) is 14.4.